The molecule has 0 spiro atoms. The van der Waals surface area contributed by atoms with Crippen LogP contribution in [-0.4, -0.2) is 68.4 Å². The van der Waals surface area contributed by atoms with E-state index >= 15 is 0 Å². The SMILES string of the molecule is NC(=NCCCN1CCOCC1)NCCOc1ncc(Cl)cc1Cl. The van der Waals surface area contributed by atoms with Crippen molar-refractivity contribution < 1.29 is 9.47 Å². The average Bonchev–Trinajstić information content (AvgIpc) is 2.58. The second kappa shape index (κ2) is 10.6. The number of aromatic nitrogens is 1. The number of morpholine rings is 1. The van der Waals surface area contributed by atoms with Crippen LogP contribution in [0.2, 0.25) is 10.0 Å². The van der Waals surface area contributed by atoms with Crippen molar-refractivity contribution in [1.82, 2.24) is 15.2 Å². The fourth-order valence-electron chi connectivity index (χ4n) is 2.21. The van der Waals surface area contributed by atoms with Gasteiger partial charge in [-0.25, -0.2) is 4.98 Å². The smallest absolute Gasteiger partial charge is 0.232 e. The van der Waals surface area contributed by atoms with E-state index in [2.05, 4.69) is 20.2 Å². The number of guanidine groups is 1. The van der Waals surface area contributed by atoms with Gasteiger partial charge < -0.3 is 20.5 Å². The molecule has 2 heterocycles. The van der Waals surface area contributed by atoms with Gasteiger partial charge >= 0.3 is 0 Å². The molecule has 0 saturated carbocycles. The van der Waals surface area contributed by atoms with Gasteiger partial charge in [-0.3, -0.25) is 9.89 Å². The Bertz CT molecular complexity index is 539. The maximum Gasteiger partial charge on any atom is 0.232 e. The number of pyridine rings is 1. The Morgan fingerprint density at radius 1 is 1.42 bits per heavy atom. The maximum atomic E-state index is 5.97. The first-order chi connectivity index (χ1) is 11.6. The molecule has 24 heavy (non-hydrogen) atoms. The van der Waals surface area contributed by atoms with E-state index in [0.717, 1.165) is 39.3 Å². The van der Waals surface area contributed by atoms with E-state index < -0.39 is 0 Å². The van der Waals surface area contributed by atoms with Gasteiger partial charge in [-0.2, -0.15) is 0 Å². The minimum atomic E-state index is 0.351. The van der Waals surface area contributed by atoms with Gasteiger partial charge in [0.25, 0.3) is 0 Å². The molecule has 0 bridgehead atoms. The molecule has 0 aromatic carbocycles. The summed E-state index contributed by atoms with van der Waals surface area (Å²) in [6.07, 6.45) is 2.46. The van der Waals surface area contributed by atoms with Crippen LogP contribution in [0.1, 0.15) is 6.42 Å². The summed E-state index contributed by atoms with van der Waals surface area (Å²) in [5.41, 5.74) is 5.81. The van der Waals surface area contributed by atoms with Crippen molar-refractivity contribution >= 4 is 29.2 Å². The summed E-state index contributed by atoms with van der Waals surface area (Å²) in [7, 11) is 0. The van der Waals surface area contributed by atoms with Crippen LogP contribution in [0, 0.1) is 0 Å². The number of nitrogens with one attached hydrogen (secondary N) is 1. The van der Waals surface area contributed by atoms with Crippen LogP contribution < -0.4 is 15.8 Å². The van der Waals surface area contributed by atoms with E-state index in [4.69, 9.17) is 38.4 Å². The van der Waals surface area contributed by atoms with Gasteiger partial charge in [-0.05, 0) is 12.5 Å². The molecule has 1 aromatic heterocycles. The molecule has 2 rings (SSSR count). The predicted octanol–water partition coefficient (Wildman–Crippen LogP) is 1.39. The lowest BCUT2D eigenvalue weighted by atomic mass is 10.3. The predicted molar refractivity (Wildman–Crippen MR) is 96.1 cm³/mol. The monoisotopic (exact) mass is 375 g/mol. The Kier molecular flexibility index (Phi) is 8.38. The number of nitrogens with zero attached hydrogens (tertiary/aromatic N) is 3. The Balaban J connectivity index is 1.56. The first-order valence-electron chi connectivity index (χ1n) is 7.93. The van der Waals surface area contributed by atoms with E-state index in [-0.39, 0.29) is 0 Å². The molecule has 0 atom stereocenters. The quantitative estimate of drug-likeness (QED) is 0.405. The number of hydrogen-bond donors (Lipinski definition) is 2. The third-order valence-electron chi connectivity index (χ3n) is 3.44. The van der Waals surface area contributed by atoms with Crippen LogP contribution in [-0.2, 0) is 4.74 Å². The molecule has 134 valence electrons. The lowest BCUT2D eigenvalue weighted by molar-refractivity contribution is 0.0377. The summed E-state index contributed by atoms with van der Waals surface area (Å²) < 4.78 is 10.8. The molecular formula is C15H23Cl2N5O2. The summed E-state index contributed by atoms with van der Waals surface area (Å²) in [5.74, 6) is 0.764. The summed E-state index contributed by atoms with van der Waals surface area (Å²) >= 11 is 11.7. The molecule has 1 aliphatic heterocycles. The molecule has 0 unspecified atom stereocenters. The van der Waals surface area contributed by atoms with Crippen LogP contribution >= 0.6 is 23.2 Å². The van der Waals surface area contributed by atoms with Gasteiger partial charge in [0.2, 0.25) is 5.88 Å². The van der Waals surface area contributed by atoms with Crippen molar-refractivity contribution in [3.8, 4) is 5.88 Å². The molecule has 1 fully saturated rings. The standard InChI is InChI=1S/C15H23Cl2N5O2/c16-12-10-13(17)14(21-11-12)24-7-3-20-15(18)19-2-1-4-22-5-8-23-9-6-22/h10-11H,1-9H2,(H3,18,19,20). The Labute approximate surface area is 152 Å². The first kappa shape index (κ1) is 19.1. The number of ether oxygens (including phenoxy) is 2. The van der Waals surface area contributed by atoms with Crippen LogP contribution in [0.4, 0.5) is 0 Å². The summed E-state index contributed by atoms with van der Waals surface area (Å²) in [6, 6.07) is 1.59. The highest BCUT2D eigenvalue weighted by atomic mass is 35.5. The molecule has 1 aliphatic rings. The molecular weight excluding hydrogens is 353 g/mol. The van der Waals surface area contributed by atoms with Gasteiger partial charge in [0.05, 0.1) is 24.8 Å². The summed E-state index contributed by atoms with van der Waals surface area (Å²) in [4.78, 5) is 10.7. The largest absolute Gasteiger partial charge is 0.475 e. The Morgan fingerprint density at radius 2 is 2.21 bits per heavy atom. The second-order valence-electron chi connectivity index (χ2n) is 5.29. The topological polar surface area (TPSA) is 85.0 Å². The van der Waals surface area contributed by atoms with Crippen molar-refractivity contribution in [2.24, 2.45) is 10.7 Å². The van der Waals surface area contributed by atoms with Gasteiger partial charge in [0, 0.05) is 32.4 Å². The zero-order chi connectivity index (χ0) is 17.2. The molecule has 0 radical (unpaired) electrons. The van der Waals surface area contributed by atoms with Crippen molar-refractivity contribution in [1.29, 1.82) is 0 Å². The third-order valence-corrected chi connectivity index (χ3v) is 3.92. The summed E-state index contributed by atoms with van der Waals surface area (Å²) in [6.45, 7) is 6.23. The molecule has 0 amide bonds. The number of rotatable bonds is 8. The number of aliphatic imine (C=N–C) groups is 1. The highest BCUT2D eigenvalue weighted by Gasteiger charge is 2.08. The van der Waals surface area contributed by atoms with Crippen LogP contribution in [0.3, 0.4) is 0 Å². The van der Waals surface area contributed by atoms with Crippen LogP contribution in [0.5, 0.6) is 5.88 Å². The molecule has 1 aromatic rings. The normalized spacial score (nSPS) is 16.2. The van der Waals surface area contributed by atoms with E-state index in [1.807, 2.05) is 0 Å². The van der Waals surface area contributed by atoms with Gasteiger partial charge in [0.1, 0.15) is 11.6 Å². The highest BCUT2D eigenvalue weighted by molar-refractivity contribution is 6.35. The van der Waals surface area contributed by atoms with E-state index in [9.17, 15) is 0 Å². The lowest BCUT2D eigenvalue weighted by Crippen LogP contribution is -2.37. The first-order valence-corrected chi connectivity index (χ1v) is 8.68. The maximum absolute atomic E-state index is 5.97. The fourth-order valence-corrected chi connectivity index (χ4v) is 2.64. The Morgan fingerprint density at radius 3 is 2.96 bits per heavy atom. The van der Waals surface area contributed by atoms with Crippen LogP contribution in [0.15, 0.2) is 17.3 Å². The minimum Gasteiger partial charge on any atom is -0.475 e. The number of halogens is 2. The summed E-state index contributed by atoms with van der Waals surface area (Å²) in [5, 5.41) is 3.85. The zero-order valence-electron chi connectivity index (χ0n) is 13.5. The minimum absolute atomic E-state index is 0.351. The number of nitrogens with two attached hydrogens (primary N) is 1. The average molecular weight is 376 g/mol. The highest BCUT2D eigenvalue weighted by Crippen LogP contribution is 2.24. The second-order valence-corrected chi connectivity index (χ2v) is 6.13. The van der Waals surface area contributed by atoms with Gasteiger partial charge in [0.15, 0.2) is 5.96 Å². The van der Waals surface area contributed by atoms with Crippen molar-refractivity contribution in [3.05, 3.63) is 22.3 Å². The molecule has 1 saturated heterocycles. The van der Waals surface area contributed by atoms with Gasteiger partial charge in [-0.1, -0.05) is 23.2 Å². The Hall–Kier alpha value is -1.28. The molecule has 0 aliphatic carbocycles. The fraction of sp³-hybridized carbons (Fsp3) is 0.600. The van der Waals surface area contributed by atoms with Crippen molar-refractivity contribution in [2.75, 3.05) is 52.5 Å². The van der Waals surface area contributed by atoms with Crippen molar-refractivity contribution in [3.63, 3.8) is 0 Å². The van der Waals surface area contributed by atoms with E-state index in [1.54, 1.807) is 6.07 Å². The van der Waals surface area contributed by atoms with Crippen LogP contribution in [0.25, 0.3) is 0 Å². The van der Waals surface area contributed by atoms with E-state index in [1.165, 1.54) is 6.20 Å². The van der Waals surface area contributed by atoms with E-state index in [0.29, 0.717) is 41.6 Å². The third kappa shape index (κ3) is 7.09. The zero-order valence-corrected chi connectivity index (χ0v) is 15.0. The van der Waals surface area contributed by atoms with Gasteiger partial charge in [-0.15, -0.1) is 0 Å². The lowest BCUT2D eigenvalue weighted by Gasteiger charge is -2.26. The molecule has 7 nitrogen and oxygen atoms in total. The van der Waals surface area contributed by atoms with Crippen molar-refractivity contribution in [2.45, 2.75) is 6.42 Å². The number of hydrogen-bond acceptors (Lipinski definition) is 5. The molecule has 9 heteroatoms. The molecule has 3 N–H and O–H groups in total.